The van der Waals surface area contributed by atoms with Crippen LogP contribution in [0.15, 0.2) is 45.9 Å². The molecule has 0 saturated heterocycles. The van der Waals surface area contributed by atoms with Gasteiger partial charge in [0.05, 0.1) is 17.9 Å². The van der Waals surface area contributed by atoms with Crippen LogP contribution in [-0.2, 0) is 4.79 Å². The molecular weight excluding hydrogens is 272 g/mol. The van der Waals surface area contributed by atoms with Crippen molar-refractivity contribution in [3.63, 3.8) is 0 Å². The predicted molar refractivity (Wildman–Crippen MR) is 78.6 cm³/mol. The van der Waals surface area contributed by atoms with Crippen molar-refractivity contribution in [2.24, 2.45) is 0 Å². The van der Waals surface area contributed by atoms with E-state index in [4.69, 9.17) is 9.68 Å². The molecule has 2 rings (SSSR count). The van der Waals surface area contributed by atoms with Crippen LogP contribution < -0.4 is 5.32 Å². The number of anilines is 1. The Morgan fingerprint density at radius 1 is 1.45 bits per heavy atom. The number of carbonyl (C=O) groups is 1. The van der Waals surface area contributed by atoms with Crippen molar-refractivity contribution in [3.8, 4) is 6.07 Å². The molecule has 1 heterocycles. The Morgan fingerprint density at radius 3 is 3.00 bits per heavy atom. The smallest absolute Gasteiger partial charge is 0.225 e. The van der Waals surface area contributed by atoms with Gasteiger partial charge < -0.3 is 9.73 Å². The van der Waals surface area contributed by atoms with E-state index >= 15 is 0 Å². The molecule has 0 radical (unpaired) electrons. The van der Waals surface area contributed by atoms with Gasteiger partial charge in [0.1, 0.15) is 5.76 Å². The highest BCUT2D eigenvalue weighted by molar-refractivity contribution is 7.99. The lowest BCUT2D eigenvalue weighted by molar-refractivity contribution is -0.115. The van der Waals surface area contributed by atoms with Gasteiger partial charge in [0.15, 0.2) is 0 Å². The van der Waals surface area contributed by atoms with Crippen LogP contribution in [0.4, 0.5) is 5.69 Å². The molecule has 102 valence electrons. The average Bonchev–Trinajstić information content (AvgIpc) is 2.85. The zero-order valence-corrected chi connectivity index (χ0v) is 11.9. The average molecular weight is 286 g/mol. The zero-order valence-electron chi connectivity index (χ0n) is 11.1. The first-order valence-corrected chi connectivity index (χ1v) is 7.14. The molecule has 0 bridgehead atoms. The van der Waals surface area contributed by atoms with Crippen LogP contribution in [0.2, 0.25) is 0 Å². The first kappa shape index (κ1) is 14.2. The van der Waals surface area contributed by atoms with Gasteiger partial charge in [-0.2, -0.15) is 5.26 Å². The van der Waals surface area contributed by atoms with Crippen molar-refractivity contribution in [1.29, 1.82) is 5.26 Å². The summed E-state index contributed by atoms with van der Waals surface area (Å²) in [7, 11) is 0. The second kappa shape index (κ2) is 6.83. The Balaban J connectivity index is 1.81. The molecule has 1 N–H and O–H groups in total. The number of nitrogens with zero attached hydrogens (tertiary/aromatic N) is 1. The topological polar surface area (TPSA) is 66.0 Å². The zero-order chi connectivity index (χ0) is 14.4. The van der Waals surface area contributed by atoms with Gasteiger partial charge in [-0.3, -0.25) is 4.79 Å². The summed E-state index contributed by atoms with van der Waals surface area (Å²) in [6, 6.07) is 10.8. The lowest BCUT2D eigenvalue weighted by Crippen LogP contribution is -2.12. The largest absolute Gasteiger partial charge is 0.468 e. The first-order valence-electron chi connectivity index (χ1n) is 6.16. The second-order valence-corrected chi connectivity index (χ2v) is 5.32. The molecule has 0 spiro atoms. The maximum absolute atomic E-state index is 11.8. The number of rotatable bonds is 5. The van der Waals surface area contributed by atoms with Gasteiger partial charge >= 0.3 is 0 Å². The summed E-state index contributed by atoms with van der Waals surface area (Å²) in [5.74, 6) is 1.50. The molecule has 0 fully saturated rings. The van der Waals surface area contributed by atoms with Gasteiger partial charge in [0.25, 0.3) is 0 Å². The summed E-state index contributed by atoms with van der Waals surface area (Å²) in [6.45, 7) is 1.90. The van der Waals surface area contributed by atoms with Crippen LogP contribution in [-0.4, -0.2) is 11.7 Å². The highest BCUT2D eigenvalue weighted by Gasteiger charge is 2.06. The summed E-state index contributed by atoms with van der Waals surface area (Å²) >= 11 is 1.59. The molecular formula is C15H14N2O2S. The Hall–Kier alpha value is -2.19. The highest BCUT2D eigenvalue weighted by atomic mass is 32.2. The van der Waals surface area contributed by atoms with Gasteiger partial charge in [-0.15, -0.1) is 11.8 Å². The summed E-state index contributed by atoms with van der Waals surface area (Å²) in [5.41, 5.74) is 1.18. The summed E-state index contributed by atoms with van der Waals surface area (Å²) < 4.78 is 5.19. The van der Waals surface area contributed by atoms with E-state index in [1.165, 1.54) is 0 Å². The lowest BCUT2D eigenvalue weighted by atomic mass is 10.2. The minimum absolute atomic E-state index is 0.0614. The standard InChI is InChI=1S/C15H14N2O2S/c1-11-14(5-7-19-11)20-8-6-15(18)17-13-4-2-3-12(9-13)10-16/h2-5,7,9H,6,8H2,1H3,(H,17,18). The Bertz CT molecular complexity index is 643. The van der Waals surface area contributed by atoms with Crippen molar-refractivity contribution in [2.45, 2.75) is 18.2 Å². The number of hydrogen-bond acceptors (Lipinski definition) is 4. The number of hydrogen-bond donors (Lipinski definition) is 1. The Labute approximate surface area is 121 Å². The minimum Gasteiger partial charge on any atom is -0.468 e. The molecule has 0 unspecified atom stereocenters. The number of nitrogens with one attached hydrogen (secondary N) is 1. The molecule has 0 atom stereocenters. The molecule has 0 aliphatic rings. The van der Waals surface area contributed by atoms with E-state index in [1.807, 2.05) is 19.1 Å². The van der Waals surface area contributed by atoms with E-state index in [1.54, 1.807) is 42.3 Å². The third kappa shape index (κ3) is 3.90. The van der Waals surface area contributed by atoms with E-state index in [0.29, 0.717) is 23.4 Å². The quantitative estimate of drug-likeness (QED) is 0.853. The fourth-order valence-electron chi connectivity index (χ4n) is 1.67. The van der Waals surface area contributed by atoms with Gasteiger partial charge in [-0.25, -0.2) is 0 Å². The molecule has 1 amide bonds. The van der Waals surface area contributed by atoms with Crippen LogP contribution >= 0.6 is 11.8 Å². The van der Waals surface area contributed by atoms with Crippen LogP contribution in [0.5, 0.6) is 0 Å². The Kier molecular flexibility index (Phi) is 4.85. The van der Waals surface area contributed by atoms with E-state index < -0.39 is 0 Å². The molecule has 2 aromatic rings. The van der Waals surface area contributed by atoms with Crippen LogP contribution in [0, 0.1) is 18.3 Å². The normalized spacial score (nSPS) is 10.0. The number of amides is 1. The number of benzene rings is 1. The van der Waals surface area contributed by atoms with Crippen LogP contribution in [0.1, 0.15) is 17.7 Å². The number of nitriles is 1. The monoisotopic (exact) mass is 286 g/mol. The molecule has 1 aromatic carbocycles. The maximum atomic E-state index is 11.8. The van der Waals surface area contributed by atoms with E-state index in [2.05, 4.69) is 5.32 Å². The molecule has 0 saturated carbocycles. The molecule has 1 aromatic heterocycles. The van der Waals surface area contributed by atoms with Crippen molar-refractivity contribution < 1.29 is 9.21 Å². The minimum atomic E-state index is -0.0614. The van der Waals surface area contributed by atoms with Gasteiger partial charge in [-0.1, -0.05) is 6.07 Å². The highest BCUT2D eigenvalue weighted by Crippen LogP contribution is 2.23. The Morgan fingerprint density at radius 2 is 2.30 bits per heavy atom. The number of carbonyl (C=O) groups excluding carboxylic acids is 1. The lowest BCUT2D eigenvalue weighted by Gasteiger charge is -2.05. The number of furan rings is 1. The molecule has 20 heavy (non-hydrogen) atoms. The van der Waals surface area contributed by atoms with Crippen molar-refractivity contribution >= 4 is 23.4 Å². The summed E-state index contributed by atoms with van der Waals surface area (Å²) in [6.07, 6.45) is 2.05. The molecule has 0 aliphatic carbocycles. The van der Waals surface area contributed by atoms with Crippen molar-refractivity contribution in [1.82, 2.24) is 0 Å². The predicted octanol–water partition coefficient (Wildman–Crippen LogP) is 3.58. The van der Waals surface area contributed by atoms with Crippen LogP contribution in [0.3, 0.4) is 0 Å². The van der Waals surface area contributed by atoms with Crippen molar-refractivity contribution in [3.05, 3.63) is 47.9 Å². The van der Waals surface area contributed by atoms with E-state index in [0.717, 1.165) is 10.7 Å². The second-order valence-electron chi connectivity index (χ2n) is 4.18. The van der Waals surface area contributed by atoms with E-state index in [9.17, 15) is 4.79 Å². The summed E-state index contributed by atoms with van der Waals surface area (Å²) in [5, 5.41) is 11.6. The molecule has 5 heteroatoms. The summed E-state index contributed by atoms with van der Waals surface area (Å²) in [4.78, 5) is 12.9. The van der Waals surface area contributed by atoms with Gasteiger partial charge in [0.2, 0.25) is 5.91 Å². The fourth-order valence-corrected chi connectivity index (χ4v) is 2.58. The number of aryl methyl sites for hydroxylation is 1. The maximum Gasteiger partial charge on any atom is 0.225 e. The molecule has 4 nitrogen and oxygen atoms in total. The fraction of sp³-hybridized carbons (Fsp3) is 0.200. The third-order valence-corrected chi connectivity index (χ3v) is 3.82. The van der Waals surface area contributed by atoms with Crippen LogP contribution in [0.25, 0.3) is 0 Å². The third-order valence-electron chi connectivity index (χ3n) is 2.67. The SMILES string of the molecule is Cc1occc1SCCC(=O)Nc1cccc(C#N)c1. The van der Waals surface area contributed by atoms with Gasteiger partial charge in [0, 0.05) is 22.8 Å². The molecule has 0 aliphatic heterocycles. The number of thioether (sulfide) groups is 1. The van der Waals surface area contributed by atoms with E-state index in [-0.39, 0.29) is 5.91 Å². The first-order chi connectivity index (χ1) is 9.69. The van der Waals surface area contributed by atoms with Crippen molar-refractivity contribution in [2.75, 3.05) is 11.1 Å². The van der Waals surface area contributed by atoms with Gasteiger partial charge in [-0.05, 0) is 31.2 Å².